The minimum atomic E-state index is -0.250. The van der Waals surface area contributed by atoms with Crippen LogP contribution in [0.15, 0.2) is 36.7 Å². The van der Waals surface area contributed by atoms with Crippen molar-refractivity contribution in [2.45, 2.75) is 6.92 Å². The normalized spacial score (nSPS) is 9.95. The summed E-state index contributed by atoms with van der Waals surface area (Å²) in [6.45, 7) is 2.44. The zero-order chi connectivity index (χ0) is 13.7. The lowest BCUT2D eigenvalue weighted by Crippen LogP contribution is -2.22. The van der Waals surface area contributed by atoms with E-state index in [4.69, 9.17) is 0 Å². The van der Waals surface area contributed by atoms with Gasteiger partial charge in [0.05, 0.1) is 11.8 Å². The van der Waals surface area contributed by atoms with Crippen molar-refractivity contribution in [3.8, 4) is 0 Å². The summed E-state index contributed by atoms with van der Waals surface area (Å²) in [5.74, 6) is -0.380. The third kappa shape index (κ3) is 3.19. The van der Waals surface area contributed by atoms with Crippen LogP contribution in [0.4, 0.5) is 5.69 Å². The van der Waals surface area contributed by atoms with Crippen molar-refractivity contribution in [3.05, 3.63) is 47.8 Å². The van der Waals surface area contributed by atoms with Gasteiger partial charge in [0.15, 0.2) is 0 Å². The predicted octanol–water partition coefficient (Wildman–Crippen LogP) is 1.41. The Hall–Kier alpha value is -2.63. The monoisotopic (exact) mass is 258 g/mol. The van der Waals surface area contributed by atoms with Gasteiger partial charge in [0, 0.05) is 24.0 Å². The van der Waals surface area contributed by atoms with Gasteiger partial charge in [-0.3, -0.25) is 14.7 Å². The van der Waals surface area contributed by atoms with E-state index in [0.717, 1.165) is 0 Å². The average Bonchev–Trinajstić information content (AvgIpc) is 2.94. The zero-order valence-corrected chi connectivity index (χ0v) is 10.4. The van der Waals surface area contributed by atoms with E-state index in [0.29, 0.717) is 23.4 Å². The van der Waals surface area contributed by atoms with Gasteiger partial charge < -0.3 is 10.6 Å². The Kier molecular flexibility index (Phi) is 3.92. The minimum absolute atomic E-state index is 0.129. The molecule has 0 saturated carbocycles. The number of hydrogen-bond acceptors (Lipinski definition) is 3. The lowest BCUT2D eigenvalue weighted by atomic mass is 10.2. The Balaban J connectivity index is 2.03. The maximum absolute atomic E-state index is 11.7. The first-order valence-electron chi connectivity index (χ1n) is 5.89. The Morgan fingerprint density at radius 2 is 1.89 bits per heavy atom. The van der Waals surface area contributed by atoms with Crippen LogP contribution in [0.5, 0.6) is 0 Å². The third-order valence-corrected chi connectivity index (χ3v) is 2.50. The molecule has 0 fully saturated rings. The van der Waals surface area contributed by atoms with Crippen LogP contribution < -0.4 is 10.6 Å². The largest absolute Gasteiger partial charge is 0.352 e. The van der Waals surface area contributed by atoms with Gasteiger partial charge in [-0.25, -0.2) is 0 Å². The summed E-state index contributed by atoms with van der Waals surface area (Å²) < 4.78 is 0. The first-order valence-corrected chi connectivity index (χ1v) is 5.89. The lowest BCUT2D eigenvalue weighted by molar-refractivity contribution is 0.0955. The number of benzene rings is 1. The van der Waals surface area contributed by atoms with Gasteiger partial charge >= 0.3 is 0 Å². The van der Waals surface area contributed by atoms with Gasteiger partial charge in [-0.2, -0.15) is 5.10 Å². The number of nitrogens with zero attached hydrogens (tertiary/aromatic N) is 1. The molecule has 2 amide bonds. The molecule has 1 heterocycles. The molecule has 2 rings (SSSR count). The van der Waals surface area contributed by atoms with Gasteiger partial charge in [0.2, 0.25) is 0 Å². The second-order valence-corrected chi connectivity index (χ2v) is 3.88. The Labute approximate surface area is 110 Å². The molecule has 2 aromatic rings. The molecule has 98 valence electrons. The van der Waals surface area contributed by atoms with E-state index in [1.54, 1.807) is 24.3 Å². The fraction of sp³-hybridized carbons (Fsp3) is 0.154. The lowest BCUT2D eigenvalue weighted by Gasteiger charge is -2.05. The highest BCUT2D eigenvalue weighted by atomic mass is 16.2. The SMILES string of the molecule is CCNC(=O)c1ccc(NC(=O)c2cn[nH]c2)cc1. The second kappa shape index (κ2) is 5.81. The quantitative estimate of drug-likeness (QED) is 0.775. The van der Waals surface area contributed by atoms with Gasteiger partial charge in [-0.05, 0) is 31.2 Å². The Bertz CT molecular complexity index is 561. The zero-order valence-electron chi connectivity index (χ0n) is 10.4. The summed E-state index contributed by atoms with van der Waals surface area (Å²) in [7, 11) is 0. The molecular weight excluding hydrogens is 244 g/mol. The molecule has 0 saturated heterocycles. The van der Waals surface area contributed by atoms with Crippen LogP contribution in [0.3, 0.4) is 0 Å². The topological polar surface area (TPSA) is 86.9 Å². The Morgan fingerprint density at radius 3 is 2.47 bits per heavy atom. The van der Waals surface area contributed by atoms with Crippen molar-refractivity contribution in [1.82, 2.24) is 15.5 Å². The number of aromatic amines is 1. The van der Waals surface area contributed by atoms with Crippen LogP contribution in [-0.2, 0) is 0 Å². The molecule has 1 aromatic heterocycles. The maximum atomic E-state index is 11.7. The summed E-state index contributed by atoms with van der Waals surface area (Å²) in [6, 6.07) is 6.69. The fourth-order valence-electron chi connectivity index (χ4n) is 1.55. The second-order valence-electron chi connectivity index (χ2n) is 3.88. The van der Waals surface area contributed by atoms with Gasteiger partial charge in [0.1, 0.15) is 0 Å². The first-order chi connectivity index (χ1) is 9.20. The summed E-state index contributed by atoms with van der Waals surface area (Å²) in [5.41, 5.74) is 1.63. The molecule has 0 aliphatic rings. The number of carbonyl (C=O) groups is 2. The molecule has 1 aromatic carbocycles. The van der Waals surface area contributed by atoms with E-state index in [1.807, 2.05) is 6.92 Å². The molecule has 0 radical (unpaired) electrons. The van der Waals surface area contributed by atoms with Crippen LogP contribution in [0.25, 0.3) is 0 Å². The molecule has 19 heavy (non-hydrogen) atoms. The number of carbonyl (C=O) groups excluding carboxylic acids is 2. The number of H-pyrrole nitrogens is 1. The van der Waals surface area contributed by atoms with E-state index >= 15 is 0 Å². The van der Waals surface area contributed by atoms with Crippen LogP contribution >= 0.6 is 0 Å². The number of nitrogens with one attached hydrogen (secondary N) is 3. The van der Waals surface area contributed by atoms with Crippen LogP contribution in [-0.4, -0.2) is 28.6 Å². The van der Waals surface area contributed by atoms with E-state index in [2.05, 4.69) is 20.8 Å². The fourth-order valence-corrected chi connectivity index (χ4v) is 1.55. The molecule has 0 atom stereocenters. The number of rotatable bonds is 4. The molecule has 6 heteroatoms. The van der Waals surface area contributed by atoms with E-state index < -0.39 is 0 Å². The molecule has 0 bridgehead atoms. The number of hydrogen-bond donors (Lipinski definition) is 3. The van der Waals surface area contributed by atoms with Crippen LogP contribution in [0.1, 0.15) is 27.6 Å². The maximum Gasteiger partial charge on any atom is 0.258 e. The van der Waals surface area contributed by atoms with E-state index in [9.17, 15) is 9.59 Å². The summed E-state index contributed by atoms with van der Waals surface area (Å²) in [6.07, 6.45) is 2.96. The number of amides is 2. The summed E-state index contributed by atoms with van der Waals surface area (Å²) in [4.78, 5) is 23.3. The minimum Gasteiger partial charge on any atom is -0.352 e. The smallest absolute Gasteiger partial charge is 0.258 e. The van der Waals surface area contributed by atoms with Crippen molar-refractivity contribution < 1.29 is 9.59 Å². The molecular formula is C13H14N4O2. The summed E-state index contributed by atoms with van der Waals surface area (Å²) >= 11 is 0. The number of aromatic nitrogens is 2. The van der Waals surface area contributed by atoms with Crippen molar-refractivity contribution in [2.75, 3.05) is 11.9 Å². The molecule has 0 spiro atoms. The third-order valence-electron chi connectivity index (χ3n) is 2.50. The van der Waals surface area contributed by atoms with Gasteiger partial charge in [-0.15, -0.1) is 0 Å². The van der Waals surface area contributed by atoms with Gasteiger partial charge in [0.25, 0.3) is 11.8 Å². The summed E-state index contributed by atoms with van der Waals surface area (Å²) in [5, 5.41) is 11.7. The Morgan fingerprint density at radius 1 is 1.16 bits per heavy atom. The molecule has 0 unspecified atom stereocenters. The van der Waals surface area contributed by atoms with Crippen molar-refractivity contribution in [1.29, 1.82) is 0 Å². The van der Waals surface area contributed by atoms with Crippen molar-refractivity contribution in [2.24, 2.45) is 0 Å². The van der Waals surface area contributed by atoms with Crippen molar-refractivity contribution >= 4 is 17.5 Å². The molecule has 0 aliphatic carbocycles. The highest BCUT2D eigenvalue weighted by Gasteiger charge is 2.08. The van der Waals surface area contributed by atoms with Crippen LogP contribution in [0.2, 0.25) is 0 Å². The average molecular weight is 258 g/mol. The number of anilines is 1. The van der Waals surface area contributed by atoms with E-state index in [-0.39, 0.29) is 11.8 Å². The van der Waals surface area contributed by atoms with Gasteiger partial charge in [-0.1, -0.05) is 0 Å². The first kappa shape index (κ1) is 12.8. The highest BCUT2D eigenvalue weighted by Crippen LogP contribution is 2.11. The molecule has 0 aliphatic heterocycles. The van der Waals surface area contributed by atoms with Crippen molar-refractivity contribution in [3.63, 3.8) is 0 Å². The highest BCUT2D eigenvalue weighted by molar-refractivity contribution is 6.04. The van der Waals surface area contributed by atoms with Crippen LogP contribution in [0, 0.1) is 0 Å². The predicted molar refractivity (Wildman–Crippen MR) is 71.0 cm³/mol. The molecule has 6 nitrogen and oxygen atoms in total. The van der Waals surface area contributed by atoms with E-state index in [1.165, 1.54) is 12.4 Å². The molecule has 3 N–H and O–H groups in total. The standard InChI is InChI=1S/C13H14N4O2/c1-2-14-12(18)9-3-5-11(6-4-9)17-13(19)10-7-15-16-8-10/h3-8H,2H2,1H3,(H,14,18)(H,15,16)(H,17,19).